The summed E-state index contributed by atoms with van der Waals surface area (Å²) in [5.41, 5.74) is 0.721. The van der Waals surface area contributed by atoms with Gasteiger partial charge in [-0.15, -0.1) is 0 Å². The summed E-state index contributed by atoms with van der Waals surface area (Å²) in [5, 5.41) is 8.76. The lowest BCUT2D eigenvalue weighted by atomic mass is 9.82. The second-order valence-electron chi connectivity index (χ2n) is 4.17. The fourth-order valence-electron chi connectivity index (χ4n) is 1.88. The number of carboxylic acids is 1. The molecule has 2 rings (SSSR count). The SMILES string of the molecule is CC1(c2cnc(C(=O)O)[nH]2)CCCOC1. The molecular formula is C10H14N2O3. The predicted molar refractivity (Wildman–Crippen MR) is 53.0 cm³/mol. The molecule has 1 aromatic heterocycles. The van der Waals surface area contributed by atoms with E-state index in [2.05, 4.69) is 16.9 Å². The number of aromatic amines is 1. The van der Waals surface area contributed by atoms with E-state index in [9.17, 15) is 4.79 Å². The standard InChI is InChI=1S/C10H14N2O3/c1-10(3-2-4-15-6-10)7-5-11-8(12-7)9(13)14/h5H,2-4,6H2,1H3,(H,11,12)(H,13,14). The minimum absolute atomic E-state index is 0.00296. The van der Waals surface area contributed by atoms with Crippen molar-refractivity contribution in [1.82, 2.24) is 9.97 Å². The Hall–Kier alpha value is -1.36. The average Bonchev–Trinajstić information content (AvgIpc) is 2.68. The summed E-state index contributed by atoms with van der Waals surface area (Å²) in [6.45, 7) is 3.47. The number of nitrogens with zero attached hydrogens (tertiary/aromatic N) is 1. The Morgan fingerprint density at radius 1 is 1.73 bits per heavy atom. The fraction of sp³-hybridized carbons (Fsp3) is 0.600. The Kier molecular flexibility index (Phi) is 2.48. The lowest BCUT2D eigenvalue weighted by Gasteiger charge is -2.32. The topological polar surface area (TPSA) is 75.2 Å². The molecule has 2 heterocycles. The number of ether oxygens (including phenoxy) is 1. The Bertz CT molecular complexity index is 366. The number of H-pyrrole nitrogens is 1. The van der Waals surface area contributed by atoms with Crippen molar-refractivity contribution in [3.05, 3.63) is 17.7 Å². The molecule has 5 heteroatoms. The fourth-order valence-corrected chi connectivity index (χ4v) is 1.88. The van der Waals surface area contributed by atoms with Gasteiger partial charge in [-0.25, -0.2) is 9.78 Å². The van der Waals surface area contributed by atoms with Gasteiger partial charge in [-0.3, -0.25) is 0 Å². The van der Waals surface area contributed by atoms with Crippen molar-refractivity contribution in [1.29, 1.82) is 0 Å². The first kappa shape index (κ1) is 10.2. The van der Waals surface area contributed by atoms with Crippen molar-refractivity contribution in [2.45, 2.75) is 25.2 Å². The van der Waals surface area contributed by atoms with E-state index in [1.54, 1.807) is 6.20 Å². The van der Waals surface area contributed by atoms with Crippen LogP contribution in [0.4, 0.5) is 0 Å². The van der Waals surface area contributed by atoms with E-state index >= 15 is 0 Å². The Morgan fingerprint density at radius 3 is 3.07 bits per heavy atom. The third-order valence-corrected chi connectivity index (χ3v) is 2.87. The van der Waals surface area contributed by atoms with E-state index < -0.39 is 5.97 Å². The van der Waals surface area contributed by atoms with Crippen molar-refractivity contribution in [2.75, 3.05) is 13.2 Å². The van der Waals surface area contributed by atoms with Crippen LogP contribution in [0.5, 0.6) is 0 Å². The summed E-state index contributed by atoms with van der Waals surface area (Å²) < 4.78 is 5.41. The number of rotatable bonds is 2. The molecule has 1 aliphatic rings. The maximum Gasteiger partial charge on any atom is 0.371 e. The van der Waals surface area contributed by atoms with E-state index in [1.807, 2.05) is 0 Å². The first-order valence-electron chi connectivity index (χ1n) is 4.98. The van der Waals surface area contributed by atoms with Crippen molar-refractivity contribution in [3.8, 4) is 0 Å². The third kappa shape index (κ3) is 1.87. The molecule has 1 unspecified atom stereocenters. The lowest BCUT2D eigenvalue weighted by Crippen LogP contribution is -2.33. The molecular weight excluding hydrogens is 196 g/mol. The highest BCUT2D eigenvalue weighted by Crippen LogP contribution is 2.31. The maximum absolute atomic E-state index is 10.7. The normalized spacial score (nSPS) is 26.5. The van der Waals surface area contributed by atoms with Crippen LogP contribution in [0.3, 0.4) is 0 Å². The number of aromatic nitrogens is 2. The Balaban J connectivity index is 2.23. The largest absolute Gasteiger partial charge is 0.475 e. The molecule has 1 aromatic rings. The van der Waals surface area contributed by atoms with E-state index in [-0.39, 0.29) is 11.2 Å². The first-order chi connectivity index (χ1) is 7.12. The summed E-state index contributed by atoms with van der Waals surface area (Å²) in [6.07, 6.45) is 3.59. The number of nitrogens with one attached hydrogen (secondary N) is 1. The third-order valence-electron chi connectivity index (χ3n) is 2.87. The highest BCUT2D eigenvalue weighted by atomic mass is 16.5. The van der Waals surface area contributed by atoms with E-state index in [0.29, 0.717) is 6.61 Å². The van der Waals surface area contributed by atoms with E-state index in [1.165, 1.54) is 0 Å². The van der Waals surface area contributed by atoms with Crippen LogP contribution in [0, 0.1) is 0 Å². The van der Waals surface area contributed by atoms with E-state index in [4.69, 9.17) is 9.84 Å². The molecule has 0 amide bonds. The van der Waals surface area contributed by atoms with Gasteiger partial charge in [0.25, 0.3) is 0 Å². The molecule has 2 N–H and O–H groups in total. The molecule has 0 aromatic carbocycles. The Morgan fingerprint density at radius 2 is 2.53 bits per heavy atom. The number of carbonyl (C=O) groups is 1. The number of imidazole rings is 1. The van der Waals surface area contributed by atoms with Gasteiger partial charge in [-0.2, -0.15) is 0 Å². The highest BCUT2D eigenvalue weighted by Gasteiger charge is 2.31. The summed E-state index contributed by atoms with van der Waals surface area (Å²) in [4.78, 5) is 17.3. The smallest absolute Gasteiger partial charge is 0.371 e. The molecule has 1 aliphatic heterocycles. The zero-order chi connectivity index (χ0) is 10.9. The number of aromatic carboxylic acids is 1. The van der Waals surface area contributed by atoms with Crippen molar-refractivity contribution in [2.24, 2.45) is 0 Å². The molecule has 0 bridgehead atoms. The molecule has 5 nitrogen and oxygen atoms in total. The van der Waals surface area contributed by atoms with Crippen LogP contribution in [0.1, 0.15) is 36.1 Å². The van der Waals surface area contributed by atoms with Gasteiger partial charge >= 0.3 is 5.97 Å². The zero-order valence-corrected chi connectivity index (χ0v) is 8.62. The first-order valence-corrected chi connectivity index (χ1v) is 4.98. The van der Waals surface area contributed by atoms with Crippen LogP contribution >= 0.6 is 0 Å². The monoisotopic (exact) mass is 210 g/mol. The van der Waals surface area contributed by atoms with Gasteiger partial charge in [0.2, 0.25) is 5.82 Å². The van der Waals surface area contributed by atoms with Crippen LogP contribution in [-0.4, -0.2) is 34.3 Å². The minimum atomic E-state index is -1.03. The van der Waals surface area contributed by atoms with Gasteiger partial charge in [0, 0.05) is 23.9 Å². The second-order valence-corrected chi connectivity index (χ2v) is 4.17. The summed E-state index contributed by atoms with van der Waals surface area (Å²) in [5.74, 6) is -1.03. The molecule has 1 atom stereocenters. The van der Waals surface area contributed by atoms with Crippen molar-refractivity contribution < 1.29 is 14.6 Å². The van der Waals surface area contributed by atoms with Crippen LogP contribution in [0.2, 0.25) is 0 Å². The number of hydrogen-bond donors (Lipinski definition) is 2. The average molecular weight is 210 g/mol. The van der Waals surface area contributed by atoms with Gasteiger partial charge in [0.05, 0.1) is 6.61 Å². The van der Waals surface area contributed by atoms with Crippen LogP contribution in [0.15, 0.2) is 6.20 Å². The molecule has 15 heavy (non-hydrogen) atoms. The van der Waals surface area contributed by atoms with Crippen molar-refractivity contribution >= 4 is 5.97 Å². The highest BCUT2D eigenvalue weighted by molar-refractivity contribution is 5.83. The summed E-state index contributed by atoms with van der Waals surface area (Å²) in [6, 6.07) is 0. The molecule has 0 spiro atoms. The van der Waals surface area contributed by atoms with Crippen molar-refractivity contribution in [3.63, 3.8) is 0 Å². The van der Waals surface area contributed by atoms with E-state index in [0.717, 1.165) is 25.1 Å². The van der Waals surface area contributed by atoms with Crippen LogP contribution in [0.25, 0.3) is 0 Å². The van der Waals surface area contributed by atoms with Gasteiger partial charge < -0.3 is 14.8 Å². The van der Waals surface area contributed by atoms with Gasteiger partial charge in [-0.1, -0.05) is 6.92 Å². The quantitative estimate of drug-likeness (QED) is 0.768. The zero-order valence-electron chi connectivity index (χ0n) is 8.62. The number of hydrogen-bond acceptors (Lipinski definition) is 3. The van der Waals surface area contributed by atoms with Crippen LogP contribution in [-0.2, 0) is 10.2 Å². The lowest BCUT2D eigenvalue weighted by molar-refractivity contribution is 0.0402. The molecule has 0 aliphatic carbocycles. The summed E-state index contributed by atoms with van der Waals surface area (Å²) >= 11 is 0. The molecule has 82 valence electrons. The van der Waals surface area contributed by atoms with Gasteiger partial charge in [0.15, 0.2) is 0 Å². The minimum Gasteiger partial charge on any atom is -0.475 e. The molecule has 1 saturated heterocycles. The molecule has 1 fully saturated rings. The maximum atomic E-state index is 10.7. The van der Waals surface area contributed by atoms with Crippen LogP contribution < -0.4 is 0 Å². The summed E-state index contributed by atoms with van der Waals surface area (Å²) in [7, 11) is 0. The molecule has 0 saturated carbocycles. The Labute approximate surface area is 87.5 Å². The van der Waals surface area contributed by atoms with Gasteiger partial charge in [-0.05, 0) is 12.8 Å². The second kappa shape index (κ2) is 3.66. The number of carboxylic acid groups (broad SMARTS) is 1. The van der Waals surface area contributed by atoms with Gasteiger partial charge in [0.1, 0.15) is 0 Å². The predicted octanol–water partition coefficient (Wildman–Crippen LogP) is 1.18. The molecule has 0 radical (unpaired) electrons.